The van der Waals surface area contributed by atoms with Gasteiger partial charge in [0.05, 0.1) is 5.38 Å². The molecule has 0 radical (unpaired) electrons. The molecule has 0 N–H and O–H groups in total. The number of carbonyl (C=O) groups excluding carboxylic acids is 1. The zero-order chi connectivity index (χ0) is 8.43. The first-order chi connectivity index (χ1) is 5.09. The molecule has 1 rings (SSSR count). The van der Waals surface area contributed by atoms with Gasteiger partial charge in [-0.3, -0.25) is 4.79 Å². The minimum Gasteiger partial charge on any atom is -0.276 e. The first kappa shape index (κ1) is 9.11. The summed E-state index contributed by atoms with van der Waals surface area (Å²) in [6, 6.07) is 0. The van der Waals surface area contributed by atoms with Crippen LogP contribution in [0.5, 0.6) is 0 Å². The van der Waals surface area contributed by atoms with Crippen molar-refractivity contribution in [2.75, 3.05) is 0 Å². The second-order valence-electron chi connectivity index (χ2n) is 2.21. The van der Waals surface area contributed by atoms with E-state index in [-0.39, 0.29) is 5.38 Å². The molecule has 0 aromatic heterocycles. The van der Waals surface area contributed by atoms with Crippen molar-refractivity contribution in [2.24, 2.45) is 0 Å². The zero-order valence-electron chi connectivity index (χ0n) is 5.48. The van der Waals surface area contributed by atoms with Crippen molar-refractivity contribution < 1.29 is 4.79 Å². The van der Waals surface area contributed by atoms with Crippen LogP contribution in [0.15, 0.2) is 22.8 Å². The van der Waals surface area contributed by atoms with E-state index in [0.717, 1.165) is 0 Å². The maximum absolute atomic E-state index is 10.6. The van der Waals surface area contributed by atoms with Gasteiger partial charge in [0.2, 0.25) is 0 Å². The molecule has 4 heteroatoms. The summed E-state index contributed by atoms with van der Waals surface area (Å²) in [6.45, 7) is 0. The van der Waals surface area contributed by atoms with Crippen LogP contribution in [-0.4, -0.2) is 10.6 Å². The summed E-state index contributed by atoms with van der Waals surface area (Å²) in [5.41, 5.74) is 0.378. The van der Waals surface area contributed by atoms with Gasteiger partial charge >= 0.3 is 0 Å². The number of rotatable bonds is 1. The molecule has 0 saturated carbocycles. The number of hydrogen-bond acceptors (Lipinski definition) is 1. The van der Waals surface area contributed by atoms with Crippen LogP contribution in [0.3, 0.4) is 0 Å². The highest BCUT2D eigenvalue weighted by Crippen LogP contribution is 2.25. The van der Waals surface area contributed by atoms with Crippen LogP contribution in [0, 0.1) is 0 Å². The van der Waals surface area contributed by atoms with Crippen LogP contribution >= 0.6 is 34.8 Å². The fourth-order valence-corrected chi connectivity index (χ4v) is 1.62. The van der Waals surface area contributed by atoms with Gasteiger partial charge in [-0.05, 0) is 17.7 Å². The molecule has 0 saturated heterocycles. The molecule has 1 aliphatic carbocycles. The molecule has 0 aromatic carbocycles. The van der Waals surface area contributed by atoms with E-state index in [1.807, 2.05) is 0 Å². The Morgan fingerprint density at radius 3 is 2.73 bits per heavy atom. The number of halogens is 3. The van der Waals surface area contributed by atoms with Crippen molar-refractivity contribution in [2.45, 2.75) is 11.8 Å². The molecular formula is C7H5Cl3O. The Labute approximate surface area is 79.6 Å². The summed E-state index contributed by atoms with van der Waals surface area (Å²) in [7, 11) is 0. The Balaban J connectivity index is 2.87. The quantitative estimate of drug-likeness (QED) is 0.481. The highest BCUT2D eigenvalue weighted by Gasteiger charge is 2.14. The van der Waals surface area contributed by atoms with Crippen LogP contribution < -0.4 is 0 Å². The van der Waals surface area contributed by atoms with Crippen molar-refractivity contribution in [3.63, 3.8) is 0 Å². The average Bonchev–Trinajstić information content (AvgIpc) is 1.85. The Bertz CT molecular complexity index is 242. The Kier molecular flexibility index (Phi) is 2.99. The van der Waals surface area contributed by atoms with Gasteiger partial charge in [-0.1, -0.05) is 17.7 Å². The summed E-state index contributed by atoms with van der Waals surface area (Å²) in [4.78, 5) is 10.6. The van der Waals surface area contributed by atoms with Crippen molar-refractivity contribution in [1.29, 1.82) is 0 Å². The normalized spacial score (nSPS) is 24.1. The van der Waals surface area contributed by atoms with E-state index < -0.39 is 5.24 Å². The SMILES string of the molecule is O=C(Cl)C1=CC(Cl)CC(Cl)=C1. The van der Waals surface area contributed by atoms with Crippen LogP contribution in [0.2, 0.25) is 0 Å². The van der Waals surface area contributed by atoms with Crippen molar-refractivity contribution in [3.05, 3.63) is 22.8 Å². The monoisotopic (exact) mass is 210 g/mol. The summed E-state index contributed by atoms with van der Waals surface area (Å²) < 4.78 is 0. The summed E-state index contributed by atoms with van der Waals surface area (Å²) in [6.07, 6.45) is 3.70. The van der Waals surface area contributed by atoms with E-state index in [9.17, 15) is 4.79 Å². The number of alkyl halides is 1. The Morgan fingerprint density at radius 2 is 2.27 bits per heavy atom. The van der Waals surface area contributed by atoms with E-state index in [1.54, 1.807) is 6.08 Å². The molecule has 0 amide bonds. The molecule has 0 spiro atoms. The molecule has 0 fully saturated rings. The van der Waals surface area contributed by atoms with Crippen molar-refractivity contribution >= 4 is 40.0 Å². The smallest absolute Gasteiger partial charge is 0.252 e. The Morgan fingerprint density at radius 1 is 1.64 bits per heavy atom. The van der Waals surface area contributed by atoms with Gasteiger partial charge < -0.3 is 0 Å². The molecule has 1 nitrogen and oxygen atoms in total. The third kappa shape index (κ3) is 2.51. The lowest BCUT2D eigenvalue weighted by Crippen LogP contribution is -2.04. The second-order valence-corrected chi connectivity index (χ2v) is 3.60. The van der Waals surface area contributed by atoms with Gasteiger partial charge in [-0.25, -0.2) is 0 Å². The maximum Gasteiger partial charge on any atom is 0.252 e. The number of allylic oxidation sites excluding steroid dienone is 4. The predicted octanol–water partition coefficient (Wildman–Crippen LogP) is 2.81. The minimum atomic E-state index is -0.520. The van der Waals surface area contributed by atoms with Gasteiger partial charge in [0.25, 0.3) is 5.24 Å². The largest absolute Gasteiger partial charge is 0.276 e. The van der Waals surface area contributed by atoms with Gasteiger partial charge in [-0.15, -0.1) is 11.6 Å². The summed E-state index contributed by atoms with van der Waals surface area (Å²) in [5, 5.41) is -0.171. The molecular weight excluding hydrogens is 206 g/mol. The molecule has 0 heterocycles. The third-order valence-electron chi connectivity index (χ3n) is 1.29. The molecule has 1 aliphatic rings. The summed E-state index contributed by atoms with van der Waals surface area (Å²) in [5.74, 6) is 0. The van der Waals surface area contributed by atoms with Crippen LogP contribution in [-0.2, 0) is 4.79 Å². The molecule has 1 atom stereocenters. The standard InChI is InChI=1S/C7H5Cl3O/c8-5-1-4(7(10)11)2-6(9)3-5/h1-2,5H,3H2. The Hall–Kier alpha value is 0.0200. The molecule has 1 unspecified atom stereocenters. The van der Waals surface area contributed by atoms with E-state index in [0.29, 0.717) is 17.0 Å². The van der Waals surface area contributed by atoms with Crippen molar-refractivity contribution in [3.8, 4) is 0 Å². The van der Waals surface area contributed by atoms with Gasteiger partial charge in [0.1, 0.15) is 0 Å². The van der Waals surface area contributed by atoms with Crippen LogP contribution in [0.25, 0.3) is 0 Å². The molecule has 0 bridgehead atoms. The third-order valence-corrected chi connectivity index (χ3v) is 2.05. The first-order valence-corrected chi connectivity index (χ1v) is 4.20. The van der Waals surface area contributed by atoms with E-state index >= 15 is 0 Å². The van der Waals surface area contributed by atoms with E-state index in [1.165, 1.54) is 6.08 Å². The second kappa shape index (κ2) is 3.61. The van der Waals surface area contributed by atoms with E-state index in [2.05, 4.69) is 0 Å². The van der Waals surface area contributed by atoms with Crippen LogP contribution in [0.4, 0.5) is 0 Å². The van der Waals surface area contributed by atoms with Crippen LogP contribution in [0.1, 0.15) is 6.42 Å². The fourth-order valence-electron chi connectivity index (χ4n) is 0.838. The molecule has 60 valence electrons. The van der Waals surface area contributed by atoms with E-state index in [4.69, 9.17) is 34.8 Å². The predicted molar refractivity (Wildman–Crippen MR) is 47.1 cm³/mol. The minimum absolute atomic E-state index is 0.217. The fraction of sp³-hybridized carbons (Fsp3) is 0.286. The highest BCUT2D eigenvalue weighted by atomic mass is 35.5. The topological polar surface area (TPSA) is 17.1 Å². The number of carbonyl (C=O) groups is 1. The highest BCUT2D eigenvalue weighted by molar-refractivity contribution is 6.68. The summed E-state index contributed by atoms with van der Waals surface area (Å²) >= 11 is 16.6. The van der Waals surface area contributed by atoms with Gasteiger partial charge in [-0.2, -0.15) is 0 Å². The average molecular weight is 211 g/mol. The maximum atomic E-state index is 10.6. The lowest BCUT2D eigenvalue weighted by Gasteiger charge is -2.10. The number of hydrogen-bond donors (Lipinski definition) is 0. The van der Waals surface area contributed by atoms with Gasteiger partial charge in [0.15, 0.2) is 0 Å². The molecule has 11 heavy (non-hydrogen) atoms. The van der Waals surface area contributed by atoms with Gasteiger partial charge in [0, 0.05) is 17.0 Å². The lowest BCUT2D eigenvalue weighted by atomic mass is 10.1. The lowest BCUT2D eigenvalue weighted by molar-refractivity contribution is -0.108. The zero-order valence-corrected chi connectivity index (χ0v) is 7.75. The van der Waals surface area contributed by atoms with Crippen molar-refractivity contribution in [1.82, 2.24) is 0 Å². The first-order valence-electron chi connectivity index (χ1n) is 3.01. The molecule has 0 aromatic rings. The molecule has 0 aliphatic heterocycles.